The Balaban J connectivity index is 2.11. The van der Waals surface area contributed by atoms with E-state index in [1.807, 2.05) is 38.4 Å². The molecule has 2 heterocycles. The van der Waals surface area contributed by atoms with E-state index < -0.39 is 0 Å². The van der Waals surface area contributed by atoms with Gasteiger partial charge in [0.2, 0.25) is 0 Å². The normalized spacial score (nSPS) is 30.8. The monoisotopic (exact) mass is 394 g/mol. The first-order valence-electron chi connectivity index (χ1n) is 8.00. The lowest BCUT2D eigenvalue weighted by atomic mass is 9.80. The second kappa shape index (κ2) is 5.95. The summed E-state index contributed by atoms with van der Waals surface area (Å²) in [6.45, 7) is 2.06. The number of rotatable bonds is 1. The molecule has 4 atom stereocenters. The first-order chi connectivity index (χ1) is 11.3. The second-order valence-electron chi connectivity index (χ2n) is 6.74. The minimum Gasteiger partial charge on any atom is -0.324 e. The van der Waals surface area contributed by atoms with Crippen LogP contribution in [-0.4, -0.2) is 72.1 Å². The van der Waals surface area contributed by atoms with Gasteiger partial charge in [-0.2, -0.15) is 0 Å². The average Bonchev–Trinajstić information content (AvgIpc) is 2.57. The van der Waals surface area contributed by atoms with Crippen molar-refractivity contribution in [3.8, 4) is 0 Å². The highest BCUT2D eigenvalue weighted by atomic mass is 79.9. The van der Waals surface area contributed by atoms with Gasteiger partial charge >= 0.3 is 12.1 Å². The van der Waals surface area contributed by atoms with E-state index in [0.717, 1.165) is 10.0 Å². The van der Waals surface area contributed by atoms with Crippen molar-refractivity contribution < 1.29 is 9.59 Å². The Labute approximate surface area is 151 Å². The van der Waals surface area contributed by atoms with E-state index in [9.17, 15) is 9.59 Å². The molecule has 7 heteroatoms. The maximum Gasteiger partial charge on any atom is 0.321 e. The van der Waals surface area contributed by atoms with E-state index >= 15 is 0 Å². The molecule has 0 saturated carbocycles. The molecule has 0 radical (unpaired) electrons. The summed E-state index contributed by atoms with van der Waals surface area (Å²) in [5, 5.41) is 0. The number of halogens is 1. The number of amides is 4. The summed E-state index contributed by atoms with van der Waals surface area (Å²) in [4.78, 5) is 32.2. The molecule has 0 aliphatic carbocycles. The van der Waals surface area contributed by atoms with E-state index in [2.05, 4.69) is 22.9 Å². The van der Waals surface area contributed by atoms with E-state index in [4.69, 9.17) is 0 Å². The molecular weight excluding hydrogens is 372 g/mol. The van der Waals surface area contributed by atoms with Gasteiger partial charge in [0.15, 0.2) is 0 Å². The zero-order valence-corrected chi connectivity index (χ0v) is 16.2. The lowest BCUT2D eigenvalue weighted by molar-refractivity contribution is -0.0652. The Hall–Kier alpha value is -1.76. The van der Waals surface area contributed by atoms with Gasteiger partial charge in [-0.15, -0.1) is 0 Å². The van der Waals surface area contributed by atoms with Crippen molar-refractivity contribution in [2.75, 3.05) is 28.2 Å². The van der Waals surface area contributed by atoms with Crippen LogP contribution in [0.25, 0.3) is 0 Å². The van der Waals surface area contributed by atoms with Crippen LogP contribution in [0.4, 0.5) is 9.59 Å². The van der Waals surface area contributed by atoms with Gasteiger partial charge in [-0.25, -0.2) is 9.59 Å². The molecule has 3 rings (SSSR count). The molecule has 0 unspecified atom stereocenters. The van der Waals surface area contributed by atoms with E-state index in [1.54, 1.807) is 33.7 Å². The summed E-state index contributed by atoms with van der Waals surface area (Å²) in [6, 6.07) is 7.89. The van der Waals surface area contributed by atoms with Crippen LogP contribution in [0.2, 0.25) is 0 Å². The van der Waals surface area contributed by atoms with Crippen molar-refractivity contribution >= 4 is 28.0 Å². The highest BCUT2D eigenvalue weighted by molar-refractivity contribution is 9.10. The van der Waals surface area contributed by atoms with Crippen LogP contribution in [0.5, 0.6) is 0 Å². The maximum atomic E-state index is 12.8. The number of hydrogen-bond acceptors (Lipinski definition) is 2. The topological polar surface area (TPSA) is 47.1 Å². The predicted molar refractivity (Wildman–Crippen MR) is 95.5 cm³/mol. The predicted octanol–water partition coefficient (Wildman–Crippen LogP) is 2.82. The first kappa shape index (κ1) is 17.1. The largest absolute Gasteiger partial charge is 0.324 e. The Bertz CT molecular complexity index is 661. The van der Waals surface area contributed by atoms with Gasteiger partial charge in [0.05, 0.1) is 6.04 Å². The molecule has 2 aliphatic heterocycles. The number of carbonyl (C=O) groups is 2. The summed E-state index contributed by atoms with van der Waals surface area (Å²) < 4.78 is 1.01. The fourth-order valence-corrected chi connectivity index (χ4v) is 4.36. The standard InChI is InChI=1S/C17H23BrN4O2/c1-10-13-14(11-6-8-12(18)9-7-11)20(3)17(24)22(5)15(13)21(4)16(23)19(10)2/h6-10,13-15H,1-5H3/t10-,13-,14+,15-/m1/s1. The zero-order chi connectivity index (χ0) is 17.8. The molecule has 2 aliphatic rings. The second-order valence-corrected chi connectivity index (χ2v) is 7.65. The molecule has 1 aromatic carbocycles. The van der Waals surface area contributed by atoms with E-state index in [1.165, 1.54) is 0 Å². The summed E-state index contributed by atoms with van der Waals surface area (Å²) in [5.41, 5.74) is 1.08. The van der Waals surface area contributed by atoms with Gasteiger partial charge in [0.25, 0.3) is 0 Å². The zero-order valence-electron chi connectivity index (χ0n) is 14.6. The first-order valence-corrected chi connectivity index (χ1v) is 8.79. The molecule has 0 bridgehead atoms. The van der Waals surface area contributed by atoms with Gasteiger partial charge < -0.3 is 19.6 Å². The van der Waals surface area contributed by atoms with Crippen LogP contribution in [0.1, 0.15) is 18.5 Å². The SMILES string of the molecule is C[C@@H]1[C@H]2[C@H](N(C)C(=O)N1C)N(C)C(=O)N(C)[C@H]2c1ccc(Br)cc1. The summed E-state index contributed by atoms with van der Waals surface area (Å²) in [6.07, 6.45) is -0.249. The van der Waals surface area contributed by atoms with Crippen LogP contribution in [0.15, 0.2) is 28.7 Å². The van der Waals surface area contributed by atoms with Gasteiger partial charge in [-0.1, -0.05) is 28.1 Å². The van der Waals surface area contributed by atoms with Crippen LogP contribution < -0.4 is 0 Å². The summed E-state index contributed by atoms with van der Waals surface area (Å²) in [5.74, 6) is 0.0894. The molecular formula is C17H23BrN4O2. The quantitative estimate of drug-likeness (QED) is 0.734. The van der Waals surface area contributed by atoms with Gasteiger partial charge in [-0.3, -0.25) is 0 Å². The maximum absolute atomic E-state index is 12.8. The number of fused-ring (bicyclic) bond motifs is 1. The number of nitrogens with zero attached hydrogens (tertiary/aromatic N) is 4. The fourth-order valence-electron chi connectivity index (χ4n) is 4.09. The van der Waals surface area contributed by atoms with Crippen LogP contribution in [-0.2, 0) is 0 Å². The van der Waals surface area contributed by atoms with E-state index in [0.29, 0.717) is 0 Å². The molecule has 2 saturated heterocycles. The Kier molecular flexibility index (Phi) is 4.23. The molecule has 24 heavy (non-hydrogen) atoms. The average molecular weight is 395 g/mol. The molecule has 0 N–H and O–H groups in total. The van der Waals surface area contributed by atoms with Crippen molar-refractivity contribution in [3.05, 3.63) is 34.3 Å². The van der Waals surface area contributed by atoms with Crippen molar-refractivity contribution in [3.63, 3.8) is 0 Å². The van der Waals surface area contributed by atoms with Gasteiger partial charge in [0, 0.05) is 44.6 Å². The molecule has 0 spiro atoms. The molecule has 4 amide bonds. The lowest BCUT2D eigenvalue weighted by Crippen LogP contribution is -2.71. The highest BCUT2D eigenvalue weighted by Crippen LogP contribution is 2.43. The van der Waals surface area contributed by atoms with Crippen LogP contribution in [0, 0.1) is 5.92 Å². The minimum absolute atomic E-state index is 0.0188. The highest BCUT2D eigenvalue weighted by Gasteiger charge is 2.53. The van der Waals surface area contributed by atoms with Crippen molar-refractivity contribution in [2.24, 2.45) is 5.92 Å². The fraction of sp³-hybridized carbons (Fsp3) is 0.529. The van der Waals surface area contributed by atoms with Gasteiger partial charge in [0.1, 0.15) is 6.17 Å². The minimum atomic E-state index is -0.249. The van der Waals surface area contributed by atoms with Crippen molar-refractivity contribution in [1.29, 1.82) is 0 Å². The molecule has 2 fully saturated rings. The molecule has 1 aromatic rings. The van der Waals surface area contributed by atoms with Crippen molar-refractivity contribution in [1.82, 2.24) is 19.6 Å². The molecule has 130 valence electrons. The third-order valence-electron chi connectivity index (χ3n) is 5.51. The Morgan fingerprint density at radius 2 is 1.33 bits per heavy atom. The Morgan fingerprint density at radius 3 is 1.88 bits per heavy atom. The number of carbonyl (C=O) groups excluding carboxylic acids is 2. The van der Waals surface area contributed by atoms with Gasteiger partial charge in [-0.05, 0) is 24.6 Å². The summed E-state index contributed by atoms with van der Waals surface area (Å²) in [7, 11) is 7.21. The third kappa shape index (κ3) is 2.37. The smallest absolute Gasteiger partial charge is 0.321 e. The number of urea groups is 2. The number of benzene rings is 1. The summed E-state index contributed by atoms with van der Waals surface area (Å²) >= 11 is 3.46. The van der Waals surface area contributed by atoms with Crippen molar-refractivity contribution in [2.45, 2.75) is 25.2 Å². The van der Waals surface area contributed by atoms with Crippen LogP contribution in [0.3, 0.4) is 0 Å². The Morgan fingerprint density at radius 1 is 0.833 bits per heavy atom. The number of hydrogen-bond donors (Lipinski definition) is 0. The van der Waals surface area contributed by atoms with Crippen LogP contribution >= 0.6 is 15.9 Å². The lowest BCUT2D eigenvalue weighted by Gasteiger charge is -2.57. The molecule has 0 aromatic heterocycles. The molecule has 6 nitrogen and oxygen atoms in total. The van der Waals surface area contributed by atoms with E-state index in [-0.39, 0.29) is 36.2 Å². The third-order valence-corrected chi connectivity index (χ3v) is 6.03.